The molecule has 0 aliphatic heterocycles. The maximum Gasteiger partial charge on any atom is 0.280 e. The number of carbonyl (C=O) groups excluding carboxylic acids is 1. The molecule has 0 N–H and O–H groups in total. The Morgan fingerprint density at radius 1 is 1.17 bits per heavy atom. The van der Waals surface area contributed by atoms with Gasteiger partial charge in [-0.2, -0.15) is 5.26 Å². The molecule has 0 aliphatic rings. The van der Waals surface area contributed by atoms with Crippen molar-refractivity contribution in [1.82, 2.24) is 4.98 Å². The summed E-state index contributed by atoms with van der Waals surface area (Å²) in [5, 5.41) is 12.0. The summed E-state index contributed by atoms with van der Waals surface area (Å²) < 4.78 is 32.8. The number of rotatable bonds is 9. The Labute approximate surface area is 215 Å². The lowest BCUT2D eigenvalue weighted by Crippen LogP contribution is -1.99. The number of allylic oxidation sites excluding steroid dienone is 1. The number of hydrogen-bond donors (Lipinski definition) is 0. The molecule has 0 spiro atoms. The summed E-state index contributed by atoms with van der Waals surface area (Å²) in [6.45, 7) is 0. The highest BCUT2D eigenvalue weighted by Crippen LogP contribution is 2.36. The topological polar surface area (TPSA) is 63.0 Å². The fraction of sp³-hybridized carbons (Fsp3) is 0.107. The first-order chi connectivity index (χ1) is 17.5. The standard InChI is InChI=1S/C28H20F2N2O2S2/c1-34-25-12-10-18(9-11-24(33)26-8-5-13-35-26)14-20(25)17-36-28-22(16-31)21(15-23(32-28)27(29)30)19-6-3-2-4-7-19/h2-15,27H,17H2,1H3/b11-9+. The minimum atomic E-state index is -2.77. The summed E-state index contributed by atoms with van der Waals surface area (Å²) in [6.07, 6.45) is 0.459. The van der Waals surface area contributed by atoms with Crippen LogP contribution >= 0.6 is 23.1 Å². The molecular formula is C28H20F2N2O2S2. The zero-order valence-corrected chi connectivity index (χ0v) is 20.8. The van der Waals surface area contributed by atoms with E-state index >= 15 is 0 Å². The first-order valence-corrected chi connectivity index (χ1v) is 12.7. The van der Waals surface area contributed by atoms with Gasteiger partial charge in [-0.15, -0.1) is 23.1 Å². The predicted molar refractivity (Wildman–Crippen MR) is 140 cm³/mol. The number of nitriles is 1. The lowest BCUT2D eigenvalue weighted by molar-refractivity contribution is 0.105. The van der Waals surface area contributed by atoms with Crippen LogP contribution in [0.5, 0.6) is 5.75 Å². The predicted octanol–water partition coefficient (Wildman–Crippen LogP) is 7.82. The average molecular weight is 519 g/mol. The molecule has 2 heterocycles. The van der Waals surface area contributed by atoms with E-state index in [1.54, 1.807) is 49.6 Å². The molecule has 36 heavy (non-hydrogen) atoms. The fourth-order valence-corrected chi connectivity index (χ4v) is 5.18. The number of hydrogen-bond acceptors (Lipinski definition) is 6. The van der Waals surface area contributed by atoms with Crippen molar-refractivity contribution >= 4 is 35.0 Å². The largest absolute Gasteiger partial charge is 0.496 e. The van der Waals surface area contributed by atoms with Crippen molar-refractivity contribution in [1.29, 1.82) is 5.26 Å². The van der Waals surface area contributed by atoms with Gasteiger partial charge in [0.2, 0.25) is 0 Å². The molecular weight excluding hydrogens is 498 g/mol. The first-order valence-electron chi connectivity index (χ1n) is 10.8. The molecule has 0 amide bonds. The van der Waals surface area contributed by atoms with Crippen LogP contribution in [-0.4, -0.2) is 17.9 Å². The Kier molecular flexibility index (Phi) is 8.26. The van der Waals surface area contributed by atoms with Gasteiger partial charge in [0.15, 0.2) is 5.78 Å². The van der Waals surface area contributed by atoms with Gasteiger partial charge in [-0.3, -0.25) is 4.79 Å². The van der Waals surface area contributed by atoms with Crippen LogP contribution in [0.3, 0.4) is 0 Å². The number of aromatic nitrogens is 1. The van der Waals surface area contributed by atoms with Crippen LogP contribution in [0.25, 0.3) is 17.2 Å². The van der Waals surface area contributed by atoms with Crippen LogP contribution in [0, 0.1) is 11.3 Å². The number of ether oxygens (including phenoxy) is 1. The number of methoxy groups -OCH3 is 1. The van der Waals surface area contributed by atoms with E-state index in [1.165, 1.54) is 35.2 Å². The van der Waals surface area contributed by atoms with Crippen molar-refractivity contribution in [2.75, 3.05) is 7.11 Å². The normalized spacial score (nSPS) is 11.1. The maximum atomic E-state index is 13.7. The van der Waals surface area contributed by atoms with E-state index in [4.69, 9.17) is 4.74 Å². The molecule has 0 bridgehead atoms. The molecule has 0 radical (unpaired) electrons. The molecule has 0 unspecified atom stereocenters. The number of alkyl halides is 2. The van der Waals surface area contributed by atoms with Crippen LogP contribution < -0.4 is 4.74 Å². The third kappa shape index (κ3) is 5.88. The number of benzene rings is 2. The molecule has 8 heteroatoms. The zero-order valence-electron chi connectivity index (χ0n) is 19.2. The van der Waals surface area contributed by atoms with Crippen molar-refractivity contribution in [3.05, 3.63) is 105 Å². The van der Waals surface area contributed by atoms with Gasteiger partial charge in [0.1, 0.15) is 22.5 Å². The van der Waals surface area contributed by atoms with Gasteiger partial charge in [-0.1, -0.05) is 48.5 Å². The highest BCUT2D eigenvalue weighted by atomic mass is 32.2. The Morgan fingerprint density at radius 2 is 1.97 bits per heavy atom. The van der Waals surface area contributed by atoms with Gasteiger partial charge in [0, 0.05) is 16.9 Å². The fourth-order valence-electron chi connectivity index (χ4n) is 3.54. The van der Waals surface area contributed by atoms with Crippen molar-refractivity contribution < 1.29 is 18.3 Å². The van der Waals surface area contributed by atoms with E-state index in [9.17, 15) is 18.8 Å². The molecule has 4 rings (SSSR count). The van der Waals surface area contributed by atoms with Crippen molar-refractivity contribution in [2.24, 2.45) is 0 Å². The van der Waals surface area contributed by atoms with E-state index < -0.39 is 6.43 Å². The lowest BCUT2D eigenvalue weighted by atomic mass is 10.0. The van der Waals surface area contributed by atoms with E-state index in [0.29, 0.717) is 27.5 Å². The van der Waals surface area contributed by atoms with Gasteiger partial charge in [-0.25, -0.2) is 13.8 Å². The number of carbonyl (C=O) groups is 1. The van der Waals surface area contributed by atoms with Crippen molar-refractivity contribution in [3.63, 3.8) is 0 Å². The number of ketones is 1. The first kappa shape index (κ1) is 25.3. The minimum Gasteiger partial charge on any atom is -0.496 e. The van der Waals surface area contributed by atoms with Gasteiger partial charge in [0.25, 0.3) is 6.43 Å². The van der Waals surface area contributed by atoms with Gasteiger partial charge in [-0.05, 0) is 46.8 Å². The molecule has 4 nitrogen and oxygen atoms in total. The second-order valence-corrected chi connectivity index (χ2v) is 9.50. The Balaban J connectivity index is 1.64. The van der Waals surface area contributed by atoms with Crippen molar-refractivity contribution in [3.8, 4) is 22.9 Å². The Morgan fingerprint density at radius 3 is 2.64 bits per heavy atom. The monoisotopic (exact) mass is 518 g/mol. The molecule has 0 saturated heterocycles. The van der Waals surface area contributed by atoms with E-state index in [1.807, 2.05) is 29.6 Å². The van der Waals surface area contributed by atoms with Gasteiger partial charge < -0.3 is 4.74 Å². The van der Waals surface area contributed by atoms with Crippen molar-refractivity contribution in [2.45, 2.75) is 17.2 Å². The van der Waals surface area contributed by atoms with Crippen LogP contribution in [-0.2, 0) is 5.75 Å². The van der Waals surface area contributed by atoms with Crippen LogP contribution in [0.15, 0.2) is 83.2 Å². The second kappa shape index (κ2) is 11.8. The highest BCUT2D eigenvalue weighted by Gasteiger charge is 2.19. The Hall–Kier alpha value is -3.80. The minimum absolute atomic E-state index is 0.0862. The molecule has 0 fully saturated rings. The highest BCUT2D eigenvalue weighted by molar-refractivity contribution is 7.98. The van der Waals surface area contributed by atoms with E-state index in [2.05, 4.69) is 11.1 Å². The van der Waals surface area contributed by atoms with Gasteiger partial charge >= 0.3 is 0 Å². The molecule has 180 valence electrons. The lowest BCUT2D eigenvalue weighted by Gasteiger charge is -2.13. The number of nitrogens with zero attached hydrogens (tertiary/aromatic N) is 2. The van der Waals surface area contributed by atoms with Gasteiger partial charge in [0.05, 0.1) is 17.6 Å². The molecule has 0 saturated carbocycles. The Bertz CT molecular complexity index is 1430. The quantitative estimate of drug-likeness (QED) is 0.128. The third-order valence-corrected chi connectivity index (χ3v) is 7.19. The third-order valence-electron chi connectivity index (χ3n) is 5.29. The number of halogens is 2. The van der Waals surface area contributed by atoms with Crippen LogP contribution in [0.2, 0.25) is 0 Å². The summed E-state index contributed by atoms with van der Waals surface area (Å²) >= 11 is 2.57. The van der Waals surface area contributed by atoms with Crippen LogP contribution in [0.4, 0.5) is 8.78 Å². The number of thioether (sulfide) groups is 1. The molecule has 4 aromatic rings. The average Bonchev–Trinajstić information content (AvgIpc) is 3.45. The summed E-state index contributed by atoms with van der Waals surface area (Å²) in [5.41, 5.74) is 2.51. The molecule has 0 atom stereocenters. The zero-order chi connectivity index (χ0) is 25.5. The number of pyridine rings is 1. The second-order valence-electron chi connectivity index (χ2n) is 7.59. The van der Waals surface area contributed by atoms with E-state index in [0.717, 1.165) is 11.1 Å². The molecule has 2 aromatic carbocycles. The summed E-state index contributed by atoms with van der Waals surface area (Å²) in [7, 11) is 1.54. The summed E-state index contributed by atoms with van der Waals surface area (Å²) in [6, 6.07) is 21.4. The van der Waals surface area contributed by atoms with Crippen LogP contribution in [0.1, 0.15) is 38.5 Å². The van der Waals surface area contributed by atoms with E-state index in [-0.39, 0.29) is 22.1 Å². The SMILES string of the molecule is COc1ccc(/C=C/C(=O)c2cccs2)cc1CSc1nc(C(F)F)cc(-c2ccccc2)c1C#N. The molecule has 0 aliphatic carbocycles. The number of thiophene rings is 1. The summed E-state index contributed by atoms with van der Waals surface area (Å²) in [4.78, 5) is 17.1. The molecule has 2 aromatic heterocycles. The summed E-state index contributed by atoms with van der Waals surface area (Å²) in [5.74, 6) is 0.847. The smallest absolute Gasteiger partial charge is 0.280 e. The maximum absolute atomic E-state index is 13.7.